The van der Waals surface area contributed by atoms with Gasteiger partial charge in [-0.1, -0.05) is 19.3 Å². The Balaban J connectivity index is 2.20. The number of aliphatic hydroxyl groups is 1. The number of hydrogen-bond acceptors (Lipinski definition) is 3. The van der Waals surface area contributed by atoms with E-state index in [0.717, 1.165) is 0 Å². The minimum Gasteiger partial charge on any atom is -0.382 e. The third-order valence-corrected chi connectivity index (χ3v) is 3.06. The average molecular weight is 214 g/mol. The molecule has 1 saturated carbocycles. The molecule has 2 atom stereocenters. The third-order valence-electron chi connectivity index (χ3n) is 3.06. The maximum atomic E-state index is 11.4. The molecule has 4 N–H and O–H groups in total. The second kappa shape index (κ2) is 6.08. The second-order valence-corrected chi connectivity index (χ2v) is 4.55. The molecule has 1 rings (SSSR count). The minimum atomic E-state index is -1.08. The van der Waals surface area contributed by atoms with Crippen LogP contribution in [0.3, 0.4) is 0 Å². The highest BCUT2D eigenvalue weighted by atomic mass is 16.3. The monoisotopic (exact) mass is 214 g/mol. The Morgan fingerprint density at radius 1 is 1.47 bits per heavy atom. The lowest BCUT2D eigenvalue weighted by molar-refractivity contribution is -0.130. The van der Waals surface area contributed by atoms with Gasteiger partial charge in [-0.3, -0.25) is 4.79 Å². The van der Waals surface area contributed by atoms with Crippen molar-refractivity contribution in [2.45, 2.75) is 51.2 Å². The van der Waals surface area contributed by atoms with Gasteiger partial charge in [-0.15, -0.1) is 0 Å². The molecule has 0 saturated heterocycles. The molecule has 0 aromatic carbocycles. The minimum absolute atomic E-state index is 0.337. The normalized spacial score (nSPS) is 22.1. The van der Waals surface area contributed by atoms with E-state index in [2.05, 4.69) is 5.32 Å². The summed E-state index contributed by atoms with van der Waals surface area (Å²) >= 11 is 0. The number of carbonyl (C=O) groups excluding carboxylic acids is 1. The zero-order valence-corrected chi connectivity index (χ0v) is 9.41. The van der Waals surface area contributed by atoms with Crippen LogP contribution in [0.2, 0.25) is 0 Å². The van der Waals surface area contributed by atoms with Gasteiger partial charge in [0, 0.05) is 12.6 Å². The molecule has 1 fully saturated rings. The lowest BCUT2D eigenvalue weighted by Crippen LogP contribution is -2.46. The first-order valence-electron chi connectivity index (χ1n) is 5.82. The highest BCUT2D eigenvalue weighted by Crippen LogP contribution is 2.22. The Bertz CT molecular complexity index is 201. The summed E-state index contributed by atoms with van der Waals surface area (Å²) in [5.41, 5.74) is 5.43. The summed E-state index contributed by atoms with van der Waals surface area (Å²) in [6.45, 7) is 2.31. The molecule has 1 amide bonds. The molecule has 0 aliphatic heterocycles. The number of amides is 1. The lowest BCUT2D eigenvalue weighted by Gasteiger charge is -2.23. The Kier molecular flexibility index (Phi) is 5.05. The van der Waals surface area contributed by atoms with E-state index in [-0.39, 0.29) is 5.91 Å². The fourth-order valence-electron chi connectivity index (χ4n) is 1.98. The van der Waals surface area contributed by atoms with E-state index < -0.39 is 12.1 Å². The van der Waals surface area contributed by atoms with Crippen molar-refractivity contribution >= 4 is 5.91 Å². The van der Waals surface area contributed by atoms with Crippen molar-refractivity contribution < 1.29 is 9.90 Å². The molecule has 0 aromatic rings. The number of rotatable bonds is 4. The molecular weight excluding hydrogens is 192 g/mol. The average Bonchev–Trinajstić information content (AvgIpc) is 2.26. The number of hydrogen-bond donors (Lipinski definition) is 3. The Hall–Kier alpha value is -0.610. The zero-order valence-electron chi connectivity index (χ0n) is 9.41. The van der Waals surface area contributed by atoms with Crippen LogP contribution in [0.4, 0.5) is 0 Å². The summed E-state index contributed by atoms with van der Waals surface area (Å²) in [7, 11) is 0. The van der Waals surface area contributed by atoms with Crippen LogP contribution in [-0.4, -0.2) is 29.7 Å². The van der Waals surface area contributed by atoms with Gasteiger partial charge in [-0.05, 0) is 25.7 Å². The molecule has 15 heavy (non-hydrogen) atoms. The molecule has 0 bridgehead atoms. The van der Waals surface area contributed by atoms with Crippen LogP contribution in [0, 0.1) is 5.92 Å². The lowest BCUT2D eigenvalue weighted by atomic mass is 9.89. The first kappa shape index (κ1) is 12.5. The largest absolute Gasteiger partial charge is 0.382 e. The predicted molar refractivity (Wildman–Crippen MR) is 59.2 cm³/mol. The summed E-state index contributed by atoms with van der Waals surface area (Å²) in [4.78, 5) is 11.4. The quantitative estimate of drug-likeness (QED) is 0.633. The van der Waals surface area contributed by atoms with Crippen LogP contribution in [-0.2, 0) is 4.79 Å². The van der Waals surface area contributed by atoms with Crippen LogP contribution >= 0.6 is 0 Å². The summed E-state index contributed by atoms with van der Waals surface area (Å²) < 4.78 is 0. The molecule has 88 valence electrons. The second-order valence-electron chi connectivity index (χ2n) is 4.55. The van der Waals surface area contributed by atoms with Gasteiger partial charge in [0.25, 0.3) is 0 Å². The van der Waals surface area contributed by atoms with E-state index in [4.69, 9.17) is 5.73 Å². The van der Waals surface area contributed by atoms with Gasteiger partial charge in [0.05, 0.1) is 0 Å². The molecule has 0 aromatic heterocycles. The molecule has 1 aliphatic rings. The Morgan fingerprint density at radius 2 is 2.07 bits per heavy atom. The number of carbonyl (C=O) groups is 1. The molecule has 1 aliphatic carbocycles. The van der Waals surface area contributed by atoms with Gasteiger partial charge in [0.15, 0.2) is 0 Å². The number of nitrogens with one attached hydrogen (secondary N) is 1. The molecule has 0 spiro atoms. The van der Waals surface area contributed by atoms with Crippen LogP contribution in [0.1, 0.15) is 39.0 Å². The van der Waals surface area contributed by atoms with E-state index in [1.807, 2.05) is 0 Å². The molecule has 4 nitrogen and oxygen atoms in total. The van der Waals surface area contributed by atoms with Gasteiger partial charge < -0.3 is 16.2 Å². The van der Waals surface area contributed by atoms with Gasteiger partial charge in [0.2, 0.25) is 5.91 Å². The third kappa shape index (κ3) is 4.18. The SMILES string of the molecule is CC(N)C(O)C(=O)NCC1CCCCC1. The molecule has 4 heteroatoms. The van der Waals surface area contributed by atoms with E-state index in [1.54, 1.807) is 6.92 Å². The van der Waals surface area contributed by atoms with E-state index >= 15 is 0 Å². The highest BCUT2D eigenvalue weighted by Gasteiger charge is 2.20. The first-order valence-corrected chi connectivity index (χ1v) is 5.82. The van der Waals surface area contributed by atoms with Gasteiger partial charge in [-0.2, -0.15) is 0 Å². The van der Waals surface area contributed by atoms with Crippen molar-refractivity contribution in [2.24, 2.45) is 11.7 Å². The van der Waals surface area contributed by atoms with E-state index in [9.17, 15) is 9.90 Å². The van der Waals surface area contributed by atoms with Gasteiger partial charge in [-0.25, -0.2) is 0 Å². The standard InChI is InChI=1S/C11H22N2O2/c1-8(12)10(14)11(15)13-7-9-5-3-2-4-6-9/h8-10,14H,2-7,12H2,1H3,(H,13,15). The topological polar surface area (TPSA) is 75.3 Å². The smallest absolute Gasteiger partial charge is 0.250 e. The molecule has 0 radical (unpaired) electrons. The Morgan fingerprint density at radius 3 is 2.60 bits per heavy atom. The molecule has 2 unspecified atom stereocenters. The van der Waals surface area contributed by atoms with Crippen LogP contribution in [0.15, 0.2) is 0 Å². The van der Waals surface area contributed by atoms with Crippen molar-refractivity contribution in [3.63, 3.8) is 0 Å². The maximum Gasteiger partial charge on any atom is 0.250 e. The maximum absolute atomic E-state index is 11.4. The number of aliphatic hydroxyl groups excluding tert-OH is 1. The van der Waals surface area contributed by atoms with Crippen molar-refractivity contribution in [2.75, 3.05) is 6.54 Å². The van der Waals surface area contributed by atoms with Crippen LogP contribution < -0.4 is 11.1 Å². The van der Waals surface area contributed by atoms with Gasteiger partial charge in [0.1, 0.15) is 6.10 Å². The predicted octanol–water partition coefficient (Wildman–Crippen LogP) is 0.391. The van der Waals surface area contributed by atoms with Crippen LogP contribution in [0.5, 0.6) is 0 Å². The summed E-state index contributed by atoms with van der Waals surface area (Å²) in [6.07, 6.45) is 5.14. The van der Waals surface area contributed by atoms with Crippen molar-refractivity contribution in [3.8, 4) is 0 Å². The fraction of sp³-hybridized carbons (Fsp3) is 0.909. The first-order chi connectivity index (χ1) is 7.11. The van der Waals surface area contributed by atoms with E-state index in [1.165, 1.54) is 32.1 Å². The summed E-state index contributed by atoms with van der Waals surface area (Å²) in [6, 6.07) is -0.503. The van der Waals surface area contributed by atoms with E-state index in [0.29, 0.717) is 12.5 Å². The molecule has 0 heterocycles. The number of nitrogens with two attached hydrogens (primary N) is 1. The zero-order chi connectivity index (χ0) is 11.3. The fourth-order valence-corrected chi connectivity index (χ4v) is 1.98. The Labute approximate surface area is 91.2 Å². The van der Waals surface area contributed by atoms with Crippen molar-refractivity contribution in [1.29, 1.82) is 0 Å². The van der Waals surface area contributed by atoms with Crippen molar-refractivity contribution in [1.82, 2.24) is 5.32 Å². The summed E-state index contributed by atoms with van der Waals surface area (Å²) in [5, 5.41) is 12.2. The molecular formula is C11H22N2O2. The van der Waals surface area contributed by atoms with Crippen LogP contribution in [0.25, 0.3) is 0 Å². The summed E-state index contributed by atoms with van der Waals surface area (Å²) in [5.74, 6) is 0.249. The van der Waals surface area contributed by atoms with Gasteiger partial charge >= 0.3 is 0 Å². The van der Waals surface area contributed by atoms with Crippen molar-refractivity contribution in [3.05, 3.63) is 0 Å². The highest BCUT2D eigenvalue weighted by molar-refractivity contribution is 5.81.